The van der Waals surface area contributed by atoms with Gasteiger partial charge in [-0.05, 0) is 43.4 Å². The van der Waals surface area contributed by atoms with E-state index in [1.807, 2.05) is 4.90 Å². The summed E-state index contributed by atoms with van der Waals surface area (Å²) in [6.45, 7) is 2.17. The van der Waals surface area contributed by atoms with Crippen molar-refractivity contribution in [2.45, 2.75) is 32.1 Å². The third-order valence-corrected chi connectivity index (χ3v) is 5.07. The van der Waals surface area contributed by atoms with E-state index in [9.17, 15) is 9.18 Å². The van der Waals surface area contributed by atoms with Gasteiger partial charge in [-0.2, -0.15) is 5.26 Å². The Morgan fingerprint density at radius 2 is 2.30 bits per heavy atom. The number of anilines is 1. The lowest BCUT2D eigenvalue weighted by molar-refractivity contribution is 0.0755. The molecular formula is C21H25FN6O2. The predicted molar refractivity (Wildman–Crippen MR) is 110 cm³/mol. The Labute approximate surface area is 174 Å². The molecule has 0 aromatic carbocycles. The lowest BCUT2D eigenvalue weighted by Crippen LogP contribution is -2.31. The Hall–Kier alpha value is -3.41. The van der Waals surface area contributed by atoms with Gasteiger partial charge in [-0.15, -0.1) is 4.99 Å². The van der Waals surface area contributed by atoms with Crippen molar-refractivity contribution >= 4 is 17.6 Å². The van der Waals surface area contributed by atoms with Gasteiger partial charge < -0.3 is 20.0 Å². The lowest BCUT2D eigenvalue weighted by atomic mass is 10.0. The van der Waals surface area contributed by atoms with E-state index < -0.39 is 5.82 Å². The molecule has 1 aliphatic heterocycles. The third kappa shape index (κ3) is 6.04. The molecule has 30 heavy (non-hydrogen) atoms. The number of amides is 1. The zero-order valence-corrected chi connectivity index (χ0v) is 16.7. The summed E-state index contributed by atoms with van der Waals surface area (Å²) in [6, 6.07) is 4.90. The molecule has 8 nitrogen and oxygen atoms in total. The van der Waals surface area contributed by atoms with Gasteiger partial charge in [0.25, 0.3) is 5.91 Å². The van der Waals surface area contributed by atoms with Gasteiger partial charge in [-0.3, -0.25) is 9.78 Å². The number of hydrogen-bond donors (Lipinski definition) is 2. The van der Waals surface area contributed by atoms with Crippen LogP contribution in [0.5, 0.6) is 0 Å². The zero-order chi connectivity index (χ0) is 21.2. The molecule has 2 aromatic heterocycles. The molecule has 0 saturated carbocycles. The average molecular weight is 412 g/mol. The maximum absolute atomic E-state index is 13.7. The van der Waals surface area contributed by atoms with Crippen molar-refractivity contribution in [1.82, 2.24) is 15.2 Å². The molecule has 0 radical (unpaired) electrons. The fourth-order valence-electron chi connectivity index (χ4n) is 3.52. The Balaban J connectivity index is 1.31. The number of halogens is 1. The van der Waals surface area contributed by atoms with Crippen LogP contribution in [0.3, 0.4) is 0 Å². The second-order valence-corrected chi connectivity index (χ2v) is 7.20. The molecule has 1 fully saturated rings. The molecule has 1 saturated heterocycles. The topological polar surface area (TPSA) is 107 Å². The third-order valence-electron chi connectivity index (χ3n) is 5.07. The summed E-state index contributed by atoms with van der Waals surface area (Å²) < 4.78 is 18.9. The Morgan fingerprint density at radius 1 is 1.40 bits per heavy atom. The minimum absolute atomic E-state index is 0.0332. The number of nitrogens with one attached hydrogen (secondary N) is 2. The summed E-state index contributed by atoms with van der Waals surface area (Å²) in [6.07, 6.45) is 10.8. The normalized spacial score (nSPS) is 16.3. The van der Waals surface area contributed by atoms with Crippen LogP contribution in [-0.4, -0.2) is 41.4 Å². The van der Waals surface area contributed by atoms with Crippen molar-refractivity contribution in [3.63, 3.8) is 0 Å². The quantitative estimate of drug-likeness (QED) is 0.298. The summed E-state index contributed by atoms with van der Waals surface area (Å²) in [5, 5.41) is 14.6. The molecule has 0 spiro atoms. The summed E-state index contributed by atoms with van der Waals surface area (Å²) in [5.41, 5.74) is 0.210. The van der Waals surface area contributed by atoms with Gasteiger partial charge in [0.15, 0.2) is 11.6 Å². The van der Waals surface area contributed by atoms with Gasteiger partial charge in [0.1, 0.15) is 0 Å². The second-order valence-electron chi connectivity index (χ2n) is 7.20. The molecule has 0 aliphatic carbocycles. The fraction of sp³-hybridized carbons (Fsp3) is 0.429. The summed E-state index contributed by atoms with van der Waals surface area (Å²) in [4.78, 5) is 21.5. The number of likely N-dealkylation sites (tertiary alicyclic amines) is 1. The highest BCUT2D eigenvalue weighted by atomic mass is 19.1. The Kier molecular flexibility index (Phi) is 7.78. The van der Waals surface area contributed by atoms with Crippen molar-refractivity contribution < 1.29 is 13.6 Å². The molecule has 1 unspecified atom stereocenters. The van der Waals surface area contributed by atoms with Crippen LogP contribution < -0.4 is 10.6 Å². The van der Waals surface area contributed by atoms with E-state index in [1.54, 1.807) is 18.3 Å². The van der Waals surface area contributed by atoms with Crippen LogP contribution in [0, 0.1) is 23.2 Å². The summed E-state index contributed by atoms with van der Waals surface area (Å²) in [5.74, 6) is 0.585. The monoisotopic (exact) mass is 412 g/mol. The van der Waals surface area contributed by atoms with Crippen LogP contribution in [0.1, 0.15) is 42.7 Å². The van der Waals surface area contributed by atoms with E-state index in [2.05, 4.69) is 20.6 Å². The van der Waals surface area contributed by atoms with E-state index in [-0.39, 0.29) is 17.6 Å². The largest absolute Gasteiger partial charge is 0.459 e. The molecular weight excluding hydrogens is 387 g/mol. The number of carbonyl (C=O) groups excluding carboxylic acids is 1. The van der Waals surface area contributed by atoms with Gasteiger partial charge in [-0.25, -0.2) is 4.39 Å². The number of furan rings is 1. The second kappa shape index (κ2) is 11.0. The molecule has 9 heteroatoms. The maximum atomic E-state index is 13.7. The minimum Gasteiger partial charge on any atom is -0.459 e. The molecule has 3 rings (SSSR count). The van der Waals surface area contributed by atoms with Gasteiger partial charge in [0.05, 0.1) is 18.1 Å². The number of pyridine rings is 1. The number of aromatic nitrogens is 1. The van der Waals surface area contributed by atoms with Crippen molar-refractivity contribution in [3.8, 4) is 6.19 Å². The highest BCUT2D eigenvalue weighted by Crippen LogP contribution is 2.23. The van der Waals surface area contributed by atoms with Gasteiger partial charge in [0, 0.05) is 25.8 Å². The van der Waals surface area contributed by atoms with Crippen LogP contribution in [-0.2, 0) is 0 Å². The highest BCUT2D eigenvalue weighted by molar-refractivity contribution is 5.94. The molecule has 158 valence electrons. The Bertz CT molecular complexity index is 893. The smallest absolute Gasteiger partial charge is 0.289 e. The van der Waals surface area contributed by atoms with Crippen molar-refractivity contribution in [2.75, 3.05) is 25.0 Å². The van der Waals surface area contributed by atoms with E-state index >= 15 is 0 Å². The zero-order valence-electron chi connectivity index (χ0n) is 16.7. The first kappa shape index (κ1) is 21.3. The number of hydrogen-bond acceptors (Lipinski definition) is 5. The molecule has 2 aromatic rings. The predicted octanol–water partition coefficient (Wildman–Crippen LogP) is 3.37. The average Bonchev–Trinajstić information content (AvgIpc) is 3.44. The number of nitriles is 1. The number of nitrogens with zero attached hydrogens (tertiary/aromatic N) is 4. The highest BCUT2D eigenvalue weighted by Gasteiger charge is 2.27. The lowest BCUT2D eigenvalue weighted by Gasteiger charge is -2.15. The number of guanidine groups is 1. The maximum Gasteiger partial charge on any atom is 0.289 e. The fourth-order valence-corrected chi connectivity index (χ4v) is 3.52. The molecule has 0 bridgehead atoms. The standard InChI is InChI=1S/C21H25FN6O2/c22-17-13-24-10-7-18(17)27-21(26-15-23)25-9-3-1-2-5-16-8-11-28(14-16)20(29)19-6-4-12-30-19/h4,6-7,10,12-13,16H,1-3,5,8-9,11,14H2,(H2,24,25,26,27). The molecule has 1 atom stereocenters. The van der Waals surface area contributed by atoms with E-state index in [0.29, 0.717) is 18.2 Å². The van der Waals surface area contributed by atoms with Crippen LogP contribution in [0.2, 0.25) is 0 Å². The number of rotatable bonds is 8. The van der Waals surface area contributed by atoms with Gasteiger partial charge in [0.2, 0.25) is 12.2 Å². The first-order valence-electron chi connectivity index (χ1n) is 10.1. The Morgan fingerprint density at radius 3 is 3.07 bits per heavy atom. The van der Waals surface area contributed by atoms with E-state index in [1.165, 1.54) is 18.5 Å². The number of unbranched alkanes of at least 4 members (excludes halogenated alkanes) is 2. The van der Waals surface area contributed by atoms with E-state index in [0.717, 1.165) is 51.4 Å². The molecule has 3 heterocycles. The SMILES string of the molecule is N#CN=C(NCCCCCC1CCN(C(=O)c2ccco2)C1)Nc1ccncc1F. The molecule has 2 N–H and O–H groups in total. The van der Waals surface area contributed by atoms with Crippen molar-refractivity contribution in [2.24, 2.45) is 10.9 Å². The minimum atomic E-state index is -0.513. The number of carbonyl (C=O) groups is 1. The molecule has 1 aliphatic rings. The molecule has 1 amide bonds. The van der Waals surface area contributed by atoms with Crippen molar-refractivity contribution in [1.29, 1.82) is 5.26 Å². The first-order valence-corrected chi connectivity index (χ1v) is 10.1. The van der Waals surface area contributed by atoms with Crippen LogP contribution in [0.15, 0.2) is 46.3 Å². The van der Waals surface area contributed by atoms with Gasteiger partial charge in [-0.1, -0.05) is 12.8 Å². The van der Waals surface area contributed by atoms with Crippen molar-refractivity contribution in [3.05, 3.63) is 48.4 Å². The van der Waals surface area contributed by atoms with Crippen LogP contribution in [0.4, 0.5) is 10.1 Å². The number of aliphatic imine (C=N–C) groups is 1. The van der Waals surface area contributed by atoms with E-state index in [4.69, 9.17) is 9.68 Å². The van der Waals surface area contributed by atoms with Crippen LogP contribution in [0.25, 0.3) is 0 Å². The summed E-state index contributed by atoms with van der Waals surface area (Å²) in [7, 11) is 0. The summed E-state index contributed by atoms with van der Waals surface area (Å²) >= 11 is 0. The van der Waals surface area contributed by atoms with Gasteiger partial charge >= 0.3 is 0 Å². The van der Waals surface area contributed by atoms with Crippen LogP contribution >= 0.6 is 0 Å². The first-order chi connectivity index (χ1) is 14.7.